The maximum atomic E-state index is 11.4. The van der Waals surface area contributed by atoms with Crippen LogP contribution in [0.25, 0.3) is 0 Å². The highest BCUT2D eigenvalue weighted by atomic mass is 16.4. The zero-order valence-corrected chi connectivity index (χ0v) is 8.63. The highest BCUT2D eigenvalue weighted by Crippen LogP contribution is 2.17. The third kappa shape index (κ3) is 3.38. The van der Waals surface area contributed by atoms with Gasteiger partial charge >= 0.3 is 11.9 Å². The predicted octanol–water partition coefficient (Wildman–Crippen LogP) is -0.0496. The standard InChI is InChI=1S/C10H13NO5/c12-8(1-2-9(13)14)11-5-3-7(4-6-11)10(15)16/h1-2,7H,3-6H2,(H,13,14)(H,15,16)/b2-1-. The molecule has 0 aromatic rings. The van der Waals surface area contributed by atoms with Crippen molar-refractivity contribution in [1.82, 2.24) is 4.90 Å². The monoisotopic (exact) mass is 227 g/mol. The quantitative estimate of drug-likeness (QED) is 0.659. The molecule has 6 heteroatoms. The number of hydrogen-bond acceptors (Lipinski definition) is 3. The Labute approximate surface area is 92.2 Å². The van der Waals surface area contributed by atoms with Gasteiger partial charge in [-0.3, -0.25) is 9.59 Å². The minimum atomic E-state index is -1.17. The molecule has 1 heterocycles. The van der Waals surface area contributed by atoms with Gasteiger partial charge in [-0.25, -0.2) is 4.79 Å². The second-order valence-electron chi connectivity index (χ2n) is 3.61. The number of carbonyl (C=O) groups is 3. The Hall–Kier alpha value is -1.85. The second-order valence-corrected chi connectivity index (χ2v) is 3.61. The van der Waals surface area contributed by atoms with E-state index in [-0.39, 0.29) is 5.91 Å². The van der Waals surface area contributed by atoms with Gasteiger partial charge in [0.1, 0.15) is 0 Å². The van der Waals surface area contributed by atoms with Crippen molar-refractivity contribution in [2.75, 3.05) is 13.1 Å². The Balaban J connectivity index is 2.44. The summed E-state index contributed by atoms with van der Waals surface area (Å²) in [5.41, 5.74) is 0. The maximum Gasteiger partial charge on any atom is 0.328 e. The highest BCUT2D eigenvalue weighted by Gasteiger charge is 2.25. The van der Waals surface area contributed by atoms with Crippen molar-refractivity contribution >= 4 is 17.8 Å². The number of nitrogens with zero attached hydrogens (tertiary/aromatic N) is 1. The van der Waals surface area contributed by atoms with Crippen LogP contribution in [0.5, 0.6) is 0 Å². The number of amides is 1. The highest BCUT2D eigenvalue weighted by molar-refractivity contribution is 5.94. The van der Waals surface area contributed by atoms with Gasteiger partial charge in [0.2, 0.25) is 5.91 Å². The summed E-state index contributed by atoms with van der Waals surface area (Å²) in [6.07, 6.45) is 2.61. The van der Waals surface area contributed by atoms with E-state index in [1.807, 2.05) is 0 Å². The van der Waals surface area contributed by atoms with Crippen molar-refractivity contribution in [3.05, 3.63) is 12.2 Å². The van der Waals surface area contributed by atoms with Crippen LogP contribution in [0.4, 0.5) is 0 Å². The minimum Gasteiger partial charge on any atom is -0.481 e. The van der Waals surface area contributed by atoms with Gasteiger partial charge in [-0.15, -0.1) is 0 Å². The number of carboxylic acids is 2. The fraction of sp³-hybridized carbons (Fsp3) is 0.500. The Morgan fingerprint density at radius 1 is 1.06 bits per heavy atom. The van der Waals surface area contributed by atoms with Crippen molar-refractivity contribution in [1.29, 1.82) is 0 Å². The van der Waals surface area contributed by atoms with Gasteiger partial charge in [-0.05, 0) is 12.8 Å². The Bertz CT molecular complexity index is 328. The van der Waals surface area contributed by atoms with Crippen molar-refractivity contribution < 1.29 is 24.6 Å². The third-order valence-electron chi connectivity index (χ3n) is 2.52. The summed E-state index contributed by atoms with van der Waals surface area (Å²) in [5, 5.41) is 17.1. The number of piperidine rings is 1. The molecule has 0 unspecified atom stereocenters. The normalized spacial score (nSPS) is 17.6. The summed E-state index contributed by atoms with van der Waals surface area (Å²) >= 11 is 0. The van der Waals surface area contributed by atoms with Gasteiger partial charge < -0.3 is 15.1 Å². The summed E-state index contributed by atoms with van der Waals surface area (Å²) in [4.78, 5) is 33.7. The molecule has 1 amide bonds. The molecule has 0 aliphatic carbocycles. The lowest BCUT2D eigenvalue weighted by atomic mass is 9.97. The first-order valence-electron chi connectivity index (χ1n) is 4.93. The van der Waals surface area contributed by atoms with Crippen LogP contribution in [0.1, 0.15) is 12.8 Å². The molecule has 2 N–H and O–H groups in total. The van der Waals surface area contributed by atoms with Crippen molar-refractivity contribution in [3.63, 3.8) is 0 Å². The lowest BCUT2D eigenvalue weighted by Gasteiger charge is -2.29. The molecule has 1 aliphatic rings. The van der Waals surface area contributed by atoms with Crippen LogP contribution in [-0.4, -0.2) is 46.0 Å². The number of hydrogen-bond donors (Lipinski definition) is 2. The smallest absolute Gasteiger partial charge is 0.328 e. The molecule has 0 aromatic carbocycles. The third-order valence-corrected chi connectivity index (χ3v) is 2.52. The average Bonchev–Trinajstić information content (AvgIpc) is 2.26. The van der Waals surface area contributed by atoms with Gasteiger partial charge in [0.25, 0.3) is 0 Å². The van der Waals surface area contributed by atoms with Gasteiger partial charge in [0.15, 0.2) is 0 Å². The van der Waals surface area contributed by atoms with Crippen LogP contribution in [0, 0.1) is 5.92 Å². The Morgan fingerprint density at radius 3 is 2.06 bits per heavy atom. The molecule has 0 radical (unpaired) electrons. The van der Waals surface area contributed by atoms with Crippen LogP contribution in [-0.2, 0) is 14.4 Å². The summed E-state index contributed by atoms with van der Waals surface area (Å²) in [7, 11) is 0. The molecule has 16 heavy (non-hydrogen) atoms. The van der Waals surface area contributed by atoms with E-state index in [1.165, 1.54) is 4.90 Å². The van der Waals surface area contributed by atoms with Crippen LogP contribution in [0.15, 0.2) is 12.2 Å². The lowest BCUT2D eigenvalue weighted by Crippen LogP contribution is -2.39. The number of carboxylic acid groups (broad SMARTS) is 2. The molecule has 1 rings (SSSR count). The largest absolute Gasteiger partial charge is 0.481 e. The first-order valence-corrected chi connectivity index (χ1v) is 4.93. The zero-order chi connectivity index (χ0) is 12.1. The first kappa shape index (κ1) is 12.2. The van der Waals surface area contributed by atoms with Gasteiger partial charge in [0.05, 0.1) is 5.92 Å². The van der Waals surface area contributed by atoms with Crippen LogP contribution in [0.3, 0.4) is 0 Å². The SMILES string of the molecule is O=C(O)/C=C\C(=O)N1CCC(C(=O)O)CC1. The second kappa shape index (κ2) is 5.29. The number of likely N-dealkylation sites (tertiary alicyclic amines) is 1. The number of carbonyl (C=O) groups excluding carboxylic acids is 1. The van der Waals surface area contributed by atoms with Gasteiger partial charge in [-0.1, -0.05) is 0 Å². The zero-order valence-electron chi connectivity index (χ0n) is 8.63. The van der Waals surface area contributed by atoms with E-state index < -0.39 is 17.9 Å². The molecule has 0 spiro atoms. The Kier molecular flexibility index (Phi) is 4.04. The molecule has 0 bridgehead atoms. The molecule has 1 fully saturated rings. The molecule has 1 aliphatic heterocycles. The first-order chi connectivity index (χ1) is 7.50. The van der Waals surface area contributed by atoms with E-state index in [9.17, 15) is 14.4 Å². The molecule has 0 aromatic heterocycles. The van der Waals surface area contributed by atoms with Crippen molar-refractivity contribution in [3.8, 4) is 0 Å². The number of rotatable bonds is 3. The van der Waals surface area contributed by atoms with E-state index in [0.717, 1.165) is 12.2 Å². The van der Waals surface area contributed by atoms with E-state index in [1.54, 1.807) is 0 Å². The van der Waals surface area contributed by atoms with E-state index in [0.29, 0.717) is 25.9 Å². The molecule has 6 nitrogen and oxygen atoms in total. The van der Waals surface area contributed by atoms with E-state index >= 15 is 0 Å². The Morgan fingerprint density at radius 2 is 1.62 bits per heavy atom. The van der Waals surface area contributed by atoms with Crippen LogP contribution < -0.4 is 0 Å². The van der Waals surface area contributed by atoms with Crippen LogP contribution in [0.2, 0.25) is 0 Å². The predicted molar refractivity (Wildman–Crippen MR) is 53.7 cm³/mol. The topological polar surface area (TPSA) is 94.9 Å². The lowest BCUT2D eigenvalue weighted by molar-refractivity contribution is -0.144. The average molecular weight is 227 g/mol. The van der Waals surface area contributed by atoms with E-state index in [2.05, 4.69) is 0 Å². The van der Waals surface area contributed by atoms with Crippen molar-refractivity contribution in [2.24, 2.45) is 5.92 Å². The summed E-state index contributed by atoms with van der Waals surface area (Å²) in [6, 6.07) is 0. The molecule has 88 valence electrons. The maximum absolute atomic E-state index is 11.4. The molecular weight excluding hydrogens is 214 g/mol. The molecule has 0 saturated carbocycles. The molecule has 0 atom stereocenters. The molecular formula is C10H13NO5. The summed E-state index contributed by atoms with van der Waals surface area (Å²) in [6.45, 7) is 0.722. The van der Waals surface area contributed by atoms with Gasteiger partial charge in [-0.2, -0.15) is 0 Å². The fourth-order valence-corrected chi connectivity index (χ4v) is 1.59. The van der Waals surface area contributed by atoms with Crippen LogP contribution >= 0.6 is 0 Å². The number of aliphatic carboxylic acids is 2. The fourth-order valence-electron chi connectivity index (χ4n) is 1.59. The van der Waals surface area contributed by atoms with E-state index in [4.69, 9.17) is 10.2 Å². The minimum absolute atomic E-state index is 0.361. The van der Waals surface area contributed by atoms with Crippen molar-refractivity contribution in [2.45, 2.75) is 12.8 Å². The van der Waals surface area contributed by atoms with Gasteiger partial charge in [0, 0.05) is 25.2 Å². The summed E-state index contributed by atoms with van der Waals surface area (Å²) in [5.74, 6) is -2.79. The molecule has 1 saturated heterocycles. The summed E-state index contributed by atoms with van der Waals surface area (Å²) < 4.78 is 0.